The van der Waals surface area contributed by atoms with E-state index < -0.39 is 0 Å². The second-order valence-corrected chi connectivity index (χ2v) is 4.60. The van der Waals surface area contributed by atoms with Crippen LogP contribution in [0.15, 0.2) is 24.5 Å². The largest absolute Gasteiger partial charge is 0.395 e. The van der Waals surface area contributed by atoms with Gasteiger partial charge in [-0.1, -0.05) is 0 Å². The van der Waals surface area contributed by atoms with E-state index in [-0.39, 0.29) is 18.7 Å². The Morgan fingerprint density at radius 1 is 1.56 bits per heavy atom. The summed E-state index contributed by atoms with van der Waals surface area (Å²) in [7, 11) is 0. The monoisotopic (exact) mass is 249 g/mol. The highest BCUT2D eigenvalue weighted by Gasteiger charge is 2.32. The Morgan fingerprint density at radius 3 is 2.78 bits per heavy atom. The van der Waals surface area contributed by atoms with E-state index in [1.165, 1.54) is 0 Å². The lowest BCUT2D eigenvalue weighted by atomic mass is 10.1. The third-order valence-electron chi connectivity index (χ3n) is 3.14. The van der Waals surface area contributed by atoms with E-state index in [4.69, 9.17) is 5.11 Å². The summed E-state index contributed by atoms with van der Waals surface area (Å²) >= 11 is 0. The van der Waals surface area contributed by atoms with E-state index in [1.54, 1.807) is 17.3 Å². The SMILES string of the molecule is CC(NC(=O)N(CCO)C1CC1)c1ccncc1. The number of hydrogen-bond acceptors (Lipinski definition) is 3. The van der Waals surface area contributed by atoms with Gasteiger partial charge in [0, 0.05) is 25.0 Å². The molecule has 1 aliphatic rings. The van der Waals surface area contributed by atoms with E-state index in [2.05, 4.69) is 10.3 Å². The molecule has 0 saturated heterocycles. The number of carbonyl (C=O) groups excluding carboxylic acids is 1. The van der Waals surface area contributed by atoms with Gasteiger partial charge in [0.05, 0.1) is 12.6 Å². The zero-order valence-electron chi connectivity index (χ0n) is 10.5. The number of nitrogens with zero attached hydrogens (tertiary/aromatic N) is 2. The van der Waals surface area contributed by atoms with Crippen LogP contribution in [-0.2, 0) is 0 Å². The lowest BCUT2D eigenvalue weighted by molar-refractivity contribution is 0.171. The van der Waals surface area contributed by atoms with Crippen molar-refractivity contribution in [1.29, 1.82) is 0 Å². The second kappa shape index (κ2) is 5.82. The lowest BCUT2D eigenvalue weighted by Gasteiger charge is -2.24. The molecule has 18 heavy (non-hydrogen) atoms. The van der Waals surface area contributed by atoms with Gasteiger partial charge in [-0.2, -0.15) is 0 Å². The number of aliphatic hydroxyl groups excluding tert-OH is 1. The molecule has 1 aliphatic carbocycles. The smallest absolute Gasteiger partial charge is 0.318 e. The number of nitrogens with one attached hydrogen (secondary N) is 1. The van der Waals surface area contributed by atoms with Crippen LogP contribution in [0.2, 0.25) is 0 Å². The highest BCUT2D eigenvalue weighted by atomic mass is 16.3. The van der Waals surface area contributed by atoms with Gasteiger partial charge in [-0.05, 0) is 37.5 Å². The van der Waals surface area contributed by atoms with Crippen LogP contribution in [0.4, 0.5) is 4.79 Å². The van der Waals surface area contributed by atoms with E-state index in [0.717, 1.165) is 18.4 Å². The molecule has 0 aromatic carbocycles. The molecule has 5 nitrogen and oxygen atoms in total. The van der Waals surface area contributed by atoms with Gasteiger partial charge in [-0.15, -0.1) is 0 Å². The topological polar surface area (TPSA) is 65.5 Å². The summed E-state index contributed by atoms with van der Waals surface area (Å²) in [4.78, 5) is 17.8. The number of urea groups is 1. The van der Waals surface area contributed by atoms with Crippen LogP contribution in [0.3, 0.4) is 0 Å². The van der Waals surface area contributed by atoms with Gasteiger partial charge in [0.25, 0.3) is 0 Å². The van der Waals surface area contributed by atoms with Crippen molar-refractivity contribution in [3.05, 3.63) is 30.1 Å². The Labute approximate surface area is 107 Å². The van der Waals surface area contributed by atoms with Crippen molar-refractivity contribution in [3.63, 3.8) is 0 Å². The number of pyridine rings is 1. The first-order chi connectivity index (χ1) is 8.72. The first-order valence-electron chi connectivity index (χ1n) is 6.30. The summed E-state index contributed by atoms with van der Waals surface area (Å²) in [5, 5.41) is 11.9. The molecule has 2 N–H and O–H groups in total. The molecule has 1 heterocycles. The molecule has 1 saturated carbocycles. The van der Waals surface area contributed by atoms with Crippen LogP contribution < -0.4 is 5.32 Å². The maximum atomic E-state index is 12.1. The first kappa shape index (κ1) is 12.8. The van der Waals surface area contributed by atoms with Crippen LogP contribution in [0.25, 0.3) is 0 Å². The Bertz CT molecular complexity index is 392. The molecule has 1 aromatic heterocycles. The van der Waals surface area contributed by atoms with Crippen LogP contribution in [0.5, 0.6) is 0 Å². The third kappa shape index (κ3) is 3.20. The van der Waals surface area contributed by atoms with Crippen LogP contribution in [0, 0.1) is 0 Å². The van der Waals surface area contributed by atoms with Gasteiger partial charge in [0.2, 0.25) is 0 Å². The van der Waals surface area contributed by atoms with E-state index in [9.17, 15) is 4.79 Å². The van der Waals surface area contributed by atoms with Crippen LogP contribution >= 0.6 is 0 Å². The van der Waals surface area contributed by atoms with Crippen LogP contribution in [0.1, 0.15) is 31.4 Å². The molecule has 1 unspecified atom stereocenters. The van der Waals surface area contributed by atoms with Crippen molar-refractivity contribution in [2.75, 3.05) is 13.2 Å². The number of hydrogen-bond donors (Lipinski definition) is 2. The normalized spacial score (nSPS) is 16.1. The number of amides is 2. The Hall–Kier alpha value is -1.62. The lowest BCUT2D eigenvalue weighted by Crippen LogP contribution is -2.43. The van der Waals surface area contributed by atoms with Crippen molar-refractivity contribution >= 4 is 6.03 Å². The second-order valence-electron chi connectivity index (χ2n) is 4.60. The zero-order valence-corrected chi connectivity index (χ0v) is 10.5. The summed E-state index contributed by atoms with van der Waals surface area (Å²) in [6, 6.07) is 3.93. The summed E-state index contributed by atoms with van der Waals surface area (Å²) in [5.41, 5.74) is 1.03. The average Bonchev–Trinajstić information content (AvgIpc) is 3.21. The summed E-state index contributed by atoms with van der Waals surface area (Å²) in [5.74, 6) is 0. The first-order valence-corrected chi connectivity index (χ1v) is 6.30. The van der Waals surface area contributed by atoms with Crippen molar-refractivity contribution in [1.82, 2.24) is 15.2 Å². The molecule has 0 bridgehead atoms. The van der Waals surface area contributed by atoms with Gasteiger partial charge in [-0.3, -0.25) is 4.98 Å². The predicted molar refractivity (Wildman–Crippen MR) is 68.0 cm³/mol. The van der Waals surface area contributed by atoms with Crippen molar-refractivity contribution in [2.45, 2.75) is 31.8 Å². The summed E-state index contributed by atoms with van der Waals surface area (Å²) < 4.78 is 0. The van der Waals surface area contributed by atoms with Gasteiger partial charge < -0.3 is 15.3 Å². The van der Waals surface area contributed by atoms with Crippen molar-refractivity contribution < 1.29 is 9.90 Å². The average molecular weight is 249 g/mol. The fourth-order valence-electron chi connectivity index (χ4n) is 1.95. The molecule has 0 aliphatic heterocycles. The minimum Gasteiger partial charge on any atom is -0.395 e. The fourth-order valence-corrected chi connectivity index (χ4v) is 1.95. The molecule has 2 amide bonds. The molecule has 1 aromatic rings. The van der Waals surface area contributed by atoms with Crippen molar-refractivity contribution in [3.8, 4) is 0 Å². The molecule has 0 radical (unpaired) electrons. The highest BCUT2D eigenvalue weighted by Crippen LogP contribution is 2.26. The Kier molecular flexibility index (Phi) is 4.15. The molecular formula is C13H19N3O2. The molecule has 98 valence electrons. The maximum Gasteiger partial charge on any atom is 0.318 e. The number of rotatable bonds is 5. The van der Waals surface area contributed by atoms with E-state index in [1.807, 2.05) is 19.1 Å². The standard InChI is InChI=1S/C13H19N3O2/c1-10(11-4-6-14-7-5-11)15-13(18)16(8-9-17)12-2-3-12/h4-7,10,12,17H,2-3,8-9H2,1H3,(H,15,18). The summed E-state index contributed by atoms with van der Waals surface area (Å²) in [6.45, 7) is 2.35. The van der Waals surface area contributed by atoms with E-state index in [0.29, 0.717) is 12.6 Å². The fraction of sp³-hybridized carbons (Fsp3) is 0.538. The van der Waals surface area contributed by atoms with Gasteiger partial charge in [0.15, 0.2) is 0 Å². The molecule has 5 heteroatoms. The number of aliphatic hydroxyl groups is 1. The molecule has 2 rings (SSSR count). The highest BCUT2D eigenvalue weighted by molar-refractivity contribution is 5.75. The van der Waals surface area contributed by atoms with Crippen LogP contribution in [-0.4, -0.2) is 40.2 Å². The molecule has 1 atom stereocenters. The number of carbonyl (C=O) groups is 1. The Balaban J connectivity index is 1.93. The van der Waals surface area contributed by atoms with Gasteiger partial charge in [-0.25, -0.2) is 4.79 Å². The zero-order chi connectivity index (χ0) is 13.0. The molecule has 0 spiro atoms. The Morgan fingerprint density at radius 2 is 2.22 bits per heavy atom. The number of aromatic nitrogens is 1. The maximum absolute atomic E-state index is 12.1. The molecular weight excluding hydrogens is 230 g/mol. The van der Waals surface area contributed by atoms with Gasteiger partial charge >= 0.3 is 6.03 Å². The quantitative estimate of drug-likeness (QED) is 0.827. The van der Waals surface area contributed by atoms with E-state index >= 15 is 0 Å². The third-order valence-corrected chi connectivity index (χ3v) is 3.14. The summed E-state index contributed by atoms with van der Waals surface area (Å²) in [6.07, 6.45) is 5.50. The predicted octanol–water partition coefficient (Wildman–Crippen LogP) is 1.31. The van der Waals surface area contributed by atoms with Crippen molar-refractivity contribution in [2.24, 2.45) is 0 Å². The van der Waals surface area contributed by atoms with Gasteiger partial charge in [0.1, 0.15) is 0 Å². The molecule has 1 fully saturated rings. The minimum atomic E-state index is -0.101. The minimum absolute atomic E-state index is 0.00750.